The van der Waals surface area contributed by atoms with Crippen LogP contribution in [0.15, 0.2) is 115 Å². The molecular formula is C30H28Sn. The monoisotopic (exact) mass is 508 g/mol. The van der Waals surface area contributed by atoms with Crippen LogP contribution in [0.25, 0.3) is 9.16 Å². The molecule has 0 unspecified atom stereocenters. The fourth-order valence-electron chi connectivity index (χ4n) is 5.32. The molecule has 0 saturated heterocycles. The van der Waals surface area contributed by atoms with Crippen molar-refractivity contribution in [3.8, 4) is 0 Å². The van der Waals surface area contributed by atoms with E-state index in [1.165, 1.54) is 24.0 Å². The molecule has 1 aliphatic rings. The van der Waals surface area contributed by atoms with Gasteiger partial charge in [0.2, 0.25) is 0 Å². The molecule has 0 aromatic heterocycles. The maximum absolute atomic E-state index is 3.48. The van der Waals surface area contributed by atoms with Crippen LogP contribution in [-0.2, 0) is 0 Å². The van der Waals surface area contributed by atoms with Crippen LogP contribution in [0, 0.1) is 0 Å². The van der Waals surface area contributed by atoms with Crippen molar-refractivity contribution in [1.82, 2.24) is 0 Å². The Bertz CT molecular complexity index is 1150. The van der Waals surface area contributed by atoms with E-state index < -0.39 is 18.4 Å². The summed E-state index contributed by atoms with van der Waals surface area (Å²) in [6.07, 6.45) is 3.59. The third-order valence-corrected chi connectivity index (χ3v) is 20.8. The average molecular weight is 507 g/mol. The molecule has 0 saturated carbocycles. The van der Waals surface area contributed by atoms with E-state index in [0.29, 0.717) is 0 Å². The van der Waals surface area contributed by atoms with Gasteiger partial charge in [-0.3, -0.25) is 0 Å². The summed E-state index contributed by atoms with van der Waals surface area (Å²) in [6.45, 7) is 2.30. The molecule has 0 bridgehead atoms. The number of rotatable bonds is 6. The van der Waals surface area contributed by atoms with E-state index >= 15 is 0 Å². The third-order valence-electron chi connectivity index (χ3n) is 6.59. The van der Waals surface area contributed by atoms with Gasteiger partial charge in [-0.25, -0.2) is 0 Å². The topological polar surface area (TPSA) is 0 Å². The van der Waals surface area contributed by atoms with Crippen LogP contribution in [-0.4, -0.2) is 18.4 Å². The van der Waals surface area contributed by atoms with Crippen LogP contribution in [0.5, 0.6) is 0 Å². The summed E-state index contributed by atoms with van der Waals surface area (Å²) in [7, 11) is 0. The van der Waals surface area contributed by atoms with Gasteiger partial charge in [-0.2, -0.15) is 0 Å². The van der Waals surface area contributed by atoms with Gasteiger partial charge in [0.1, 0.15) is 0 Å². The second kappa shape index (κ2) is 8.88. The molecule has 0 aliphatic carbocycles. The minimum atomic E-state index is -3.48. The molecule has 0 radical (unpaired) electrons. The third kappa shape index (κ3) is 3.38. The van der Waals surface area contributed by atoms with Gasteiger partial charge < -0.3 is 0 Å². The Balaban J connectivity index is 1.94. The van der Waals surface area contributed by atoms with Crippen LogP contribution in [0.1, 0.15) is 37.3 Å². The minimum absolute atomic E-state index is 1.15. The summed E-state index contributed by atoms with van der Waals surface area (Å²) in [5, 5.41) is 0. The first-order valence-electron chi connectivity index (χ1n) is 11.4. The summed E-state index contributed by atoms with van der Waals surface area (Å²) in [6, 6.07) is 43.3. The van der Waals surface area contributed by atoms with Crippen molar-refractivity contribution in [1.29, 1.82) is 0 Å². The first kappa shape index (κ1) is 20.3. The molecule has 152 valence electrons. The zero-order valence-corrected chi connectivity index (χ0v) is 20.9. The Morgan fingerprint density at radius 3 is 1.68 bits per heavy atom. The van der Waals surface area contributed by atoms with Crippen molar-refractivity contribution in [3.63, 3.8) is 0 Å². The number of allylic oxidation sites excluding steroid dienone is 1. The predicted molar refractivity (Wildman–Crippen MR) is 137 cm³/mol. The molecule has 4 aromatic carbocycles. The number of unbranched alkanes of at least 4 members (excludes halogenated alkanes) is 1. The van der Waals surface area contributed by atoms with E-state index in [0.717, 1.165) is 6.42 Å². The Labute approximate surface area is 190 Å². The number of hydrogen-bond donors (Lipinski definition) is 0. The van der Waals surface area contributed by atoms with E-state index in [1.807, 2.05) is 0 Å². The molecule has 0 spiro atoms. The molecular weight excluding hydrogens is 479 g/mol. The maximum atomic E-state index is 2.44. The molecule has 1 aliphatic heterocycles. The molecule has 0 N–H and O–H groups in total. The van der Waals surface area contributed by atoms with Crippen molar-refractivity contribution in [2.24, 2.45) is 0 Å². The van der Waals surface area contributed by atoms with Crippen LogP contribution < -0.4 is 10.7 Å². The number of hydrogen-bond acceptors (Lipinski definition) is 0. The molecule has 4 aromatic rings. The zero-order valence-electron chi connectivity index (χ0n) is 18.1. The Morgan fingerprint density at radius 2 is 1.10 bits per heavy atom. The van der Waals surface area contributed by atoms with E-state index in [9.17, 15) is 0 Å². The van der Waals surface area contributed by atoms with Gasteiger partial charge in [0.25, 0.3) is 0 Å². The van der Waals surface area contributed by atoms with E-state index in [4.69, 9.17) is 0 Å². The van der Waals surface area contributed by atoms with Gasteiger partial charge in [-0.05, 0) is 0 Å². The van der Waals surface area contributed by atoms with Crippen molar-refractivity contribution in [2.75, 3.05) is 0 Å². The molecule has 1 heterocycles. The van der Waals surface area contributed by atoms with Crippen LogP contribution in [0.2, 0.25) is 0 Å². The summed E-state index contributed by atoms with van der Waals surface area (Å²) >= 11 is -3.48. The fraction of sp³-hybridized carbons (Fsp3) is 0.133. The van der Waals surface area contributed by atoms with Gasteiger partial charge in [0.05, 0.1) is 0 Å². The second-order valence-corrected chi connectivity index (χ2v) is 18.9. The first-order chi connectivity index (χ1) is 15.4. The van der Waals surface area contributed by atoms with Crippen LogP contribution in [0.3, 0.4) is 0 Å². The van der Waals surface area contributed by atoms with Crippen LogP contribution >= 0.6 is 0 Å². The van der Waals surface area contributed by atoms with Crippen LogP contribution in [0.4, 0.5) is 0 Å². The average Bonchev–Trinajstić information content (AvgIpc) is 3.15. The molecule has 0 nitrogen and oxygen atoms in total. The SMILES string of the molecule is CCCCC1=[C](c2ccccc2)[Sn]([c]2ccccc2)([c]2ccccc2)[c]2ccccc21. The molecule has 0 fully saturated rings. The Morgan fingerprint density at radius 1 is 0.581 bits per heavy atom. The molecule has 1 heteroatoms. The molecule has 31 heavy (non-hydrogen) atoms. The first-order valence-corrected chi connectivity index (χ1v) is 17.1. The zero-order chi connectivity index (χ0) is 21.1. The van der Waals surface area contributed by atoms with Gasteiger partial charge >= 0.3 is 191 Å². The van der Waals surface area contributed by atoms with Crippen molar-refractivity contribution in [3.05, 3.63) is 126 Å². The summed E-state index contributed by atoms with van der Waals surface area (Å²) in [5.41, 5.74) is 4.50. The number of benzene rings is 4. The quantitative estimate of drug-likeness (QED) is 0.289. The van der Waals surface area contributed by atoms with E-state index in [1.54, 1.807) is 19.9 Å². The Hall–Kier alpha value is -2.58. The predicted octanol–water partition coefficient (Wildman–Crippen LogP) is 5.81. The number of fused-ring (bicyclic) bond motifs is 1. The standard InChI is InChI=1S/C18H18.2C6H5.Sn/c1-2-3-12-18(17-13-8-5-9-14-17)15-16-10-6-4-7-11-16;2*1-2-4-6-5-3-1;/h4-11,13H,2-3,12H2,1H3;2*1-5H;. The van der Waals surface area contributed by atoms with Gasteiger partial charge in [0, 0.05) is 0 Å². The van der Waals surface area contributed by atoms with Crippen molar-refractivity contribution in [2.45, 2.75) is 26.2 Å². The summed E-state index contributed by atoms with van der Waals surface area (Å²) < 4.78 is 6.35. The molecule has 5 rings (SSSR count). The van der Waals surface area contributed by atoms with Crippen molar-refractivity contribution < 1.29 is 0 Å². The van der Waals surface area contributed by atoms with Gasteiger partial charge in [0.15, 0.2) is 0 Å². The van der Waals surface area contributed by atoms with Gasteiger partial charge in [-0.15, -0.1) is 0 Å². The fourth-order valence-corrected chi connectivity index (χ4v) is 21.0. The molecule has 0 atom stereocenters. The van der Waals surface area contributed by atoms with Gasteiger partial charge in [-0.1, -0.05) is 0 Å². The Kier molecular flexibility index (Phi) is 5.82. The molecule has 0 amide bonds. The van der Waals surface area contributed by atoms with E-state index in [2.05, 4.69) is 122 Å². The second-order valence-electron chi connectivity index (χ2n) is 8.35. The van der Waals surface area contributed by atoms with E-state index in [-0.39, 0.29) is 0 Å². The summed E-state index contributed by atoms with van der Waals surface area (Å²) in [4.78, 5) is 0. The van der Waals surface area contributed by atoms with Crippen molar-refractivity contribution >= 4 is 38.3 Å². The normalized spacial score (nSPS) is 14.5. The summed E-state index contributed by atoms with van der Waals surface area (Å²) in [5.74, 6) is 0.